The number of Topliss-reactive ketones (excluding diaryl/α,β-unsaturated/α-hetero) is 1. The summed E-state index contributed by atoms with van der Waals surface area (Å²) >= 11 is 0. The fourth-order valence-corrected chi connectivity index (χ4v) is 2.86. The maximum absolute atomic E-state index is 12.0. The van der Waals surface area contributed by atoms with Crippen LogP contribution >= 0.6 is 0 Å². The number of hydrogen-bond acceptors (Lipinski definition) is 2. The van der Waals surface area contributed by atoms with Crippen LogP contribution < -0.4 is 0 Å². The van der Waals surface area contributed by atoms with E-state index in [0.717, 1.165) is 38.5 Å². The number of carbonyl (C=O) groups is 1. The smallest absolute Gasteiger partial charge is 0.144 e. The lowest BCUT2D eigenvalue weighted by atomic mass is 9.67. The van der Waals surface area contributed by atoms with E-state index in [1.165, 1.54) is 0 Å². The van der Waals surface area contributed by atoms with Crippen LogP contribution in [0.2, 0.25) is 0 Å². The van der Waals surface area contributed by atoms with Crippen LogP contribution in [0.15, 0.2) is 0 Å². The van der Waals surface area contributed by atoms with Crippen LogP contribution in [-0.2, 0) is 4.79 Å². The van der Waals surface area contributed by atoms with Crippen LogP contribution in [0.1, 0.15) is 45.4 Å². The molecule has 3 unspecified atom stereocenters. The van der Waals surface area contributed by atoms with Crippen LogP contribution in [0.4, 0.5) is 0 Å². The van der Waals surface area contributed by atoms with Gasteiger partial charge in [0.05, 0.1) is 6.10 Å². The first-order valence-corrected chi connectivity index (χ1v) is 5.36. The fraction of sp³-hybridized carbons (Fsp3) is 0.909. The minimum Gasteiger partial charge on any atom is -0.392 e. The molecular formula is C11H18O2. The molecule has 13 heavy (non-hydrogen) atoms. The minimum absolute atomic E-state index is 0.0405. The molecular weight excluding hydrogens is 164 g/mol. The highest BCUT2D eigenvalue weighted by molar-refractivity contribution is 5.88. The quantitative estimate of drug-likeness (QED) is 0.621. The lowest BCUT2D eigenvalue weighted by Crippen LogP contribution is -2.43. The van der Waals surface area contributed by atoms with Crippen LogP contribution in [0.25, 0.3) is 0 Å². The van der Waals surface area contributed by atoms with Crippen LogP contribution in [0.5, 0.6) is 0 Å². The lowest BCUT2D eigenvalue weighted by molar-refractivity contribution is -0.140. The topological polar surface area (TPSA) is 37.3 Å². The van der Waals surface area contributed by atoms with Gasteiger partial charge in [-0.2, -0.15) is 0 Å². The average molecular weight is 182 g/mol. The number of aliphatic hydroxyl groups is 1. The summed E-state index contributed by atoms with van der Waals surface area (Å²) in [6.45, 7) is 2.08. The molecule has 0 aromatic heterocycles. The third-order valence-corrected chi connectivity index (χ3v) is 3.88. The van der Waals surface area contributed by atoms with Gasteiger partial charge < -0.3 is 5.11 Å². The first kappa shape index (κ1) is 9.20. The van der Waals surface area contributed by atoms with Gasteiger partial charge in [-0.25, -0.2) is 0 Å². The van der Waals surface area contributed by atoms with Crippen molar-refractivity contribution < 1.29 is 9.90 Å². The van der Waals surface area contributed by atoms with Gasteiger partial charge in [-0.05, 0) is 25.7 Å². The summed E-state index contributed by atoms with van der Waals surface area (Å²) < 4.78 is 0. The predicted molar refractivity (Wildman–Crippen MR) is 50.3 cm³/mol. The molecule has 2 nitrogen and oxygen atoms in total. The molecule has 2 rings (SSSR count). The monoisotopic (exact) mass is 182 g/mol. The maximum Gasteiger partial charge on any atom is 0.144 e. The third kappa shape index (κ3) is 1.41. The molecule has 0 heterocycles. The molecule has 0 spiro atoms. The van der Waals surface area contributed by atoms with E-state index in [1.54, 1.807) is 0 Å². The van der Waals surface area contributed by atoms with Crippen LogP contribution in [0.3, 0.4) is 0 Å². The molecule has 0 saturated heterocycles. The first-order valence-electron chi connectivity index (χ1n) is 5.36. The number of rotatable bonds is 0. The van der Waals surface area contributed by atoms with Gasteiger partial charge in [0, 0.05) is 11.3 Å². The van der Waals surface area contributed by atoms with Crippen molar-refractivity contribution in [1.82, 2.24) is 0 Å². The van der Waals surface area contributed by atoms with Crippen LogP contribution in [-0.4, -0.2) is 17.0 Å². The van der Waals surface area contributed by atoms with Crippen molar-refractivity contribution >= 4 is 5.78 Å². The van der Waals surface area contributed by atoms with Gasteiger partial charge in [-0.1, -0.05) is 19.8 Å². The molecule has 0 amide bonds. The van der Waals surface area contributed by atoms with Gasteiger partial charge in [-0.3, -0.25) is 4.79 Å². The van der Waals surface area contributed by atoms with Crippen LogP contribution in [0, 0.1) is 11.3 Å². The Morgan fingerprint density at radius 1 is 1.31 bits per heavy atom. The van der Waals surface area contributed by atoms with E-state index in [-0.39, 0.29) is 17.4 Å². The van der Waals surface area contributed by atoms with Crippen molar-refractivity contribution in [2.24, 2.45) is 11.3 Å². The van der Waals surface area contributed by atoms with Gasteiger partial charge in [0.2, 0.25) is 0 Å². The zero-order valence-corrected chi connectivity index (χ0v) is 8.25. The number of aliphatic hydroxyl groups excluding tert-OH is 1. The third-order valence-electron chi connectivity index (χ3n) is 3.88. The van der Waals surface area contributed by atoms with E-state index in [1.807, 2.05) is 0 Å². The Morgan fingerprint density at radius 2 is 2.08 bits per heavy atom. The summed E-state index contributed by atoms with van der Waals surface area (Å²) in [4.78, 5) is 12.0. The van der Waals surface area contributed by atoms with Crippen molar-refractivity contribution in [1.29, 1.82) is 0 Å². The molecule has 3 atom stereocenters. The van der Waals surface area contributed by atoms with Crippen molar-refractivity contribution in [3.05, 3.63) is 0 Å². The summed E-state index contributed by atoms with van der Waals surface area (Å²) in [7, 11) is 0. The SMILES string of the molecule is CC12CCCCC(C1=O)C(O)CC2. The Hall–Kier alpha value is -0.370. The van der Waals surface area contributed by atoms with Gasteiger partial charge in [-0.15, -0.1) is 0 Å². The number of hydrogen-bond donors (Lipinski definition) is 1. The summed E-state index contributed by atoms with van der Waals surface area (Å²) in [6, 6.07) is 0. The van der Waals surface area contributed by atoms with Gasteiger partial charge >= 0.3 is 0 Å². The normalized spacial score (nSPS) is 45.8. The van der Waals surface area contributed by atoms with E-state index >= 15 is 0 Å². The molecule has 74 valence electrons. The van der Waals surface area contributed by atoms with Crippen molar-refractivity contribution in [3.63, 3.8) is 0 Å². The molecule has 2 saturated carbocycles. The van der Waals surface area contributed by atoms with E-state index < -0.39 is 0 Å². The highest BCUT2D eigenvalue weighted by Gasteiger charge is 2.45. The Bertz CT molecular complexity index is 224. The van der Waals surface area contributed by atoms with E-state index in [4.69, 9.17) is 0 Å². The molecule has 0 aromatic carbocycles. The standard InChI is InChI=1S/C11H18O2/c1-11-6-3-2-4-8(10(11)13)9(12)5-7-11/h8-9,12H,2-7H2,1H3. The molecule has 2 aliphatic rings. The first-order chi connectivity index (χ1) is 6.13. The van der Waals surface area contributed by atoms with E-state index in [0.29, 0.717) is 5.78 Å². The molecule has 1 N–H and O–H groups in total. The largest absolute Gasteiger partial charge is 0.392 e. The van der Waals surface area contributed by atoms with E-state index in [2.05, 4.69) is 6.92 Å². The Labute approximate surface area is 79.3 Å². The second kappa shape index (κ2) is 3.09. The highest BCUT2D eigenvalue weighted by atomic mass is 16.3. The van der Waals surface area contributed by atoms with Gasteiger partial charge in [0.25, 0.3) is 0 Å². The molecule has 2 heteroatoms. The fourth-order valence-electron chi connectivity index (χ4n) is 2.86. The molecule has 0 aromatic rings. The molecule has 2 fully saturated rings. The summed E-state index contributed by atoms with van der Waals surface area (Å²) in [5.41, 5.74) is -0.0968. The number of carbonyl (C=O) groups excluding carboxylic acids is 1. The summed E-state index contributed by atoms with van der Waals surface area (Å²) in [6.07, 6.45) is 5.59. The summed E-state index contributed by atoms with van der Waals surface area (Å²) in [5.74, 6) is 0.296. The van der Waals surface area contributed by atoms with Gasteiger partial charge in [0.1, 0.15) is 5.78 Å². The maximum atomic E-state index is 12.0. The van der Waals surface area contributed by atoms with Crippen molar-refractivity contribution in [3.8, 4) is 0 Å². The molecule has 2 aliphatic carbocycles. The summed E-state index contributed by atoms with van der Waals surface area (Å²) in [5, 5.41) is 9.71. The molecule has 0 aliphatic heterocycles. The number of ketones is 1. The second-order valence-corrected chi connectivity index (χ2v) is 4.88. The second-order valence-electron chi connectivity index (χ2n) is 4.88. The molecule has 0 radical (unpaired) electrons. The Kier molecular flexibility index (Phi) is 2.18. The van der Waals surface area contributed by atoms with E-state index in [9.17, 15) is 9.90 Å². The zero-order valence-electron chi connectivity index (χ0n) is 8.25. The average Bonchev–Trinajstić information content (AvgIpc) is 2.19. The number of fused-ring (bicyclic) bond motifs is 2. The highest BCUT2D eigenvalue weighted by Crippen LogP contribution is 2.44. The van der Waals surface area contributed by atoms with Crippen molar-refractivity contribution in [2.45, 2.75) is 51.6 Å². The zero-order chi connectivity index (χ0) is 9.47. The van der Waals surface area contributed by atoms with Gasteiger partial charge in [0.15, 0.2) is 0 Å². The Morgan fingerprint density at radius 3 is 2.85 bits per heavy atom. The Balaban J connectivity index is 2.26. The minimum atomic E-state index is -0.348. The van der Waals surface area contributed by atoms with Crippen molar-refractivity contribution in [2.75, 3.05) is 0 Å². The predicted octanol–water partition coefficient (Wildman–Crippen LogP) is 1.91. The molecule has 2 bridgehead atoms. The lowest BCUT2D eigenvalue weighted by Gasteiger charge is -2.37.